The van der Waals surface area contributed by atoms with E-state index < -0.39 is 0 Å². The molecule has 0 spiro atoms. The lowest BCUT2D eigenvalue weighted by atomic mass is 10.3. The summed E-state index contributed by atoms with van der Waals surface area (Å²) in [6.07, 6.45) is 0.310. The van der Waals surface area contributed by atoms with E-state index in [-0.39, 0.29) is 12.1 Å². The number of anilines is 2. The fraction of sp³-hybridized carbons (Fsp3) is 0.556. The Labute approximate surface area is 88.5 Å². The van der Waals surface area contributed by atoms with Crippen molar-refractivity contribution in [2.24, 2.45) is 0 Å². The van der Waals surface area contributed by atoms with Gasteiger partial charge in [0, 0.05) is 12.6 Å². The predicted molar refractivity (Wildman–Crippen MR) is 57.8 cm³/mol. The third kappa shape index (κ3) is 3.99. The van der Waals surface area contributed by atoms with Gasteiger partial charge in [0.05, 0.1) is 13.2 Å². The second-order valence-corrected chi connectivity index (χ2v) is 3.22. The predicted octanol–water partition coefficient (Wildman–Crippen LogP) is 0.250. The van der Waals surface area contributed by atoms with E-state index in [1.807, 2.05) is 0 Å². The first kappa shape index (κ1) is 11.5. The molecule has 0 aliphatic heterocycles. The smallest absolute Gasteiger partial charge is 0.225 e. The molecule has 1 unspecified atom stereocenters. The molecule has 4 N–H and O–H groups in total. The zero-order valence-corrected chi connectivity index (χ0v) is 8.90. The van der Waals surface area contributed by atoms with Gasteiger partial charge in [-0.05, 0) is 13.3 Å². The van der Waals surface area contributed by atoms with Crippen LogP contribution in [0.3, 0.4) is 0 Å². The normalized spacial score (nSPS) is 12.2. The summed E-state index contributed by atoms with van der Waals surface area (Å²) in [5.41, 5.74) is 5.47. The van der Waals surface area contributed by atoms with Crippen molar-refractivity contribution in [3.63, 3.8) is 0 Å². The number of rotatable bonds is 5. The highest BCUT2D eigenvalue weighted by atomic mass is 16.5. The standard InChI is InChI=1S/C9H16N4O2/c1-6(14)3-4-11-7-5-8(15-2)13-9(10)12-7/h5-6,14H,3-4H2,1-2H3,(H3,10,11,12,13). The number of nitrogens with zero attached hydrogens (tertiary/aromatic N) is 2. The molecule has 1 aromatic heterocycles. The Kier molecular flexibility index (Phi) is 4.11. The Morgan fingerprint density at radius 3 is 2.93 bits per heavy atom. The highest BCUT2D eigenvalue weighted by Gasteiger charge is 2.02. The second-order valence-electron chi connectivity index (χ2n) is 3.22. The maximum atomic E-state index is 9.06. The molecule has 0 saturated heterocycles. The minimum atomic E-state index is -0.335. The first-order valence-corrected chi connectivity index (χ1v) is 4.72. The third-order valence-corrected chi connectivity index (χ3v) is 1.80. The number of methoxy groups -OCH3 is 1. The van der Waals surface area contributed by atoms with Gasteiger partial charge in [-0.3, -0.25) is 0 Å². The van der Waals surface area contributed by atoms with Gasteiger partial charge in [0.2, 0.25) is 11.8 Å². The minimum absolute atomic E-state index is 0.161. The molecule has 0 aromatic carbocycles. The van der Waals surface area contributed by atoms with Crippen molar-refractivity contribution < 1.29 is 9.84 Å². The number of nitrogens with two attached hydrogens (primary N) is 1. The van der Waals surface area contributed by atoms with Crippen LogP contribution in [-0.4, -0.2) is 34.8 Å². The molecule has 15 heavy (non-hydrogen) atoms. The topological polar surface area (TPSA) is 93.3 Å². The molecule has 0 amide bonds. The Morgan fingerprint density at radius 1 is 1.60 bits per heavy atom. The molecule has 1 aromatic rings. The third-order valence-electron chi connectivity index (χ3n) is 1.80. The Balaban J connectivity index is 2.56. The Morgan fingerprint density at radius 2 is 2.33 bits per heavy atom. The van der Waals surface area contributed by atoms with Crippen molar-refractivity contribution in [1.82, 2.24) is 9.97 Å². The van der Waals surface area contributed by atoms with E-state index in [0.29, 0.717) is 24.7 Å². The Hall–Kier alpha value is -1.56. The lowest BCUT2D eigenvalue weighted by molar-refractivity contribution is 0.188. The summed E-state index contributed by atoms with van der Waals surface area (Å²) in [5.74, 6) is 1.18. The van der Waals surface area contributed by atoms with Crippen molar-refractivity contribution in [2.45, 2.75) is 19.4 Å². The van der Waals surface area contributed by atoms with Crippen molar-refractivity contribution in [1.29, 1.82) is 0 Å². The van der Waals surface area contributed by atoms with Crippen LogP contribution in [0.1, 0.15) is 13.3 Å². The van der Waals surface area contributed by atoms with E-state index in [1.54, 1.807) is 13.0 Å². The fourth-order valence-electron chi connectivity index (χ4n) is 1.05. The lowest BCUT2D eigenvalue weighted by Gasteiger charge is -2.08. The van der Waals surface area contributed by atoms with Crippen molar-refractivity contribution >= 4 is 11.8 Å². The summed E-state index contributed by atoms with van der Waals surface area (Å²) < 4.78 is 4.94. The maximum absolute atomic E-state index is 9.06. The van der Waals surface area contributed by atoms with Crippen LogP contribution in [0.25, 0.3) is 0 Å². The van der Waals surface area contributed by atoms with Gasteiger partial charge in [0.25, 0.3) is 0 Å². The molecule has 0 bridgehead atoms. The molecular formula is C9H16N4O2. The molecular weight excluding hydrogens is 196 g/mol. The molecule has 0 aliphatic carbocycles. The second kappa shape index (κ2) is 5.35. The summed E-state index contributed by atoms with van der Waals surface area (Å²) in [7, 11) is 1.52. The molecule has 1 heterocycles. The molecule has 1 atom stereocenters. The molecule has 0 saturated carbocycles. The number of hydrogen-bond acceptors (Lipinski definition) is 6. The molecule has 6 nitrogen and oxygen atoms in total. The van der Waals surface area contributed by atoms with E-state index in [4.69, 9.17) is 15.6 Å². The highest BCUT2D eigenvalue weighted by molar-refractivity contribution is 5.42. The van der Waals surface area contributed by atoms with E-state index >= 15 is 0 Å². The summed E-state index contributed by atoms with van der Waals surface area (Å²) in [4.78, 5) is 7.82. The van der Waals surface area contributed by atoms with Gasteiger partial charge in [0.1, 0.15) is 5.82 Å². The van der Waals surface area contributed by atoms with E-state index in [1.165, 1.54) is 7.11 Å². The van der Waals surface area contributed by atoms with Crippen LogP contribution >= 0.6 is 0 Å². The fourth-order valence-corrected chi connectivity index (χ4v) is 1.05. The maximum Gasteiger partial charge on any atom is 0.225 e. The van der Waals surface area contributed by atoms with Gasteiger partial charge in [-0.1, -0.05) is 0 Å². The van der Waals surface area contributed by atoms with Crippen LogP contribution in [0, 0.1) is 0 Å². The lowest BCUT2D eigenvalue weighted by Crippen LogP contribution is -2.11. The van der Waals surface area contributed by atoms with Crippen LogP contribution < -0.4 is 15.8 Å². The SMILES string of the molecule is COc1cc(NCCC(C)O)nc(N)n1. The molecule has 1 rings (SSSR count). The number of ether oxygens (including phenoxy) is 1. The quantitative estimate of drug-likeness (QED) is 0.647. The molecule has 84 valence electrons. The molecule has 0 radical (unpaired) electrons. The van der Waals surface area contributed by atoms with Crippen LogP contribution in [0.2, 0.25) is 0 Å². The summed E-state index contributed by atoms with van der Waals surface area (Å²) >= 11 is 0. The zero-order valence-electron chi connectivity index (χ0n) is 8.90. The monoisotopic (exact) mass is 212 g/mol. The number of aliphatic hydroxyl groups excluding tert-OH is 1. The summed E-state index contributed by atoms with van der Waals surface area (Å²) in [5, 5.41) is 12.1. The highest BCUT2D eigenvalue weighted by Crippen LogP contribution is 2.13. The Bertz CT molecular complexity index is 317. The number of aromatic nitrogens is 2. The number of aliphatic hydroxyl groups is 1. The van der Waals surface area contributed by atoms with Crippen LogP contribution in [0.5, 0.6) is 5.88 Å². The van der Waals surface area contributed by atoms with Crippen molar-refractivity contribution in [3.8, 4) is 5.88 Å². The van der Waals surface area contributed by atoms with E-state index in [9.17, 15) is 0 Å². The molecule has 6 heteroatoms. The van der Waals surface area contributed by atoms with Crippen molar-refractivity contribution in [2.75, 3.05) is 24.7 Å². The number of nitrogens with one attached hydrogen (secondary N) is 1. The van der Waals surface area contributed by atoms with Crippen LogP contribution in [0.15, 0.2) is 6.07 Å². The van der Waals surface area contributed by atoms with Gasteiger partial charge >= 0.3 is 0 Å². The van der Waals surface area contributed by atoms with E-state index in [0.717, 1.165) is 0 Å². The summed E-state index contributed by atoms with van der Waals surface area (Å²) in [6.45, 7) is 2.36. The van der Waals surface area contributed by atoms with Crippen molar-refractivity contribution in [3.05, 3.63) is 6.07 Å². The van der Waals surface area contributed by atoms with Gasteiger partial charge in [0.15, 0.2) is 0 Å². The number of hydrogen-bond donors (Lipinski definition) is 3. The minimum Gasteiger partial charge on any atom is -0.481 e. The first-order chi connectivity index (χ1) is 7.11. The van der Waals surface area contributed by atoms with Gasteiger partial charge in [-0.15, -0.1) is 0 Å². The van der Waals surface area contributed by atoms with Crippen LogP contribution in [-0.2, 0) is 0 Å². The average molecular weight is 212 g/mol. The van der Waals surface area contributed by atoms with Crippen LogP contribution in [0.4, 0.5) is 11.8 Å². The first-order valence-electron chi connectivity index (χ1n) is 4.72. The molecule has 0 aliphatic rings. The van der Waals surface area contributed by atoms with E-state index in [2.05, 4.69) is 15.3 Å². The number of nitrogen functional groups attached to an aromatic ring is 1. The van der Waals surface area contributed by atoms with Gasteiger partial charge in [-0.25, -0.2) is 0 Å². The molecule has 0 fully saturated rings. The van der Waals surface area contributed by atoms with Gasteiger partial charge in [-0.2, -0.15) is 9.97 Å². The summed E-state index contributed by atoms with van der Waals surface area (Å²) in [6, 6.07) is 1.65. The van der Waals surface area contributed by atoms with Gasteiger partial charge < -0.3 is 20.9 Å². The average Bonchev–Trinajstić information content (AvgIpc) is 2.16. The zero-order chi connectivity index (χ0) is 11.3. The largest absolute Gasteiger partial charge is 0.481 e.